The van der Waals surface area contributed by atoms with Crippen LogP contribution in [0.1, 0.15) is 64.8 Å². The van der Waals surface area contributed by atoms with Gasteiger partial charge in [-0.2, -0.15) is 26.3 Å². The summed E-state index contributed by atoms with van der Waals surface area (Å²) in [5, 5.41) is 30.4. The first-order valence-corrected chi connectivity index (χ1v) is 16.0. The summed E-state index contributed by atoms with van der Waals surface area (Å²) in [5.74, 6) is 1.05. The molecule has 51 heavy (non-hydrogen) atoms. The van der Waals surface area contributed by atoms with Crippen molar-refractivity contribution in [2.75, 3.05) is 25.1 Å². The predicted octanol–water partition coefficient (Wildman–Crippen LogP) is 7.35. The number of carbonyl (C=O) groups is 1. The van der Waals surface area contributed by atoms with Crippen LogP contribution in [0.4, 0.5) is 32.2 Å². The van der Waals surface area contributed by atoms with E-state index in [2.05, 4.69) is 0 Å². The zero-order chi connectivity index (χ0) is 37.4. The van der Waals surface area contributed by atoms with Crippen molar-refractivity contribution in [3.8, 4) is 28.0 Å². The lowest BCUT2D eigenvalue weighted by molar-refractivity contribution is -0.144. The van der Waals surface area contributed by atoms with E-state index in [1.807, 2.05) is 24.0 Å². The van der Waals surface area contributed by atoms with E-state index in [1.54, 1.807) is 36.4 Å². The Bertz CT molecular complexity index is 1870. The number of pyridine rings is 1. The van der Waals surface area contributed by atoms with E-state index in [9.17, 15) is 46.5 Å². The molecule has 272 valence electrons. The molecule has 0 saturated carbocycles. The average Bonchev–Trinajstić information content (AvgIpc) is 3.04. The van der Waals surface area contributed by atoms with Crippen LogP contribution in [0.25, 0.3) is 22.3 Å². The Morgan fingerprint density at radius 3 is 2.00 bits per heavy atom. The van der Waals surface area contributed by atoms with E-state index < -0.39 is 53.0 Å². The summed E-state index contributed by atoms with van der Waals surface area (Å²) >= 11 is 0. The molecule has 8 nitrogen and oxygen atoms in total. The summed E-state index contributed by atoms with van der Waals surface area (Å²) in [5.41, 5.74) is -0.684. The molecule has 3 N–H and O–H groups in total. The predicted molar refractivity (Wildman–Crippen MR) is 178 cm³/mol. The lowest BCUT2D eigenvalue weighted by atomic mass is 9.92. The van der Waals surface area contributed by atoms with Gasteiger partial charge in [-0.25, -0.2) is 4.98 Å². The van der Waals surface area contributed by atoms with E-state index in [4.69, 9.17) is 9.72 Å². The Morgan fingerprint density at radius 1 is 0.863 bits per heavy atom. The van der Waals surface area contributed by atoms with E-state index in [-0.39, 0.29) is 6.54 Å². The summed E-state index contributed by atoms with van der Waals surface area (Å²) in [6, 6.07) is 13.7. The van der Waals surface area contributed by atoms with Gasteiger partial charge in [-0.1, -0.05) is 24.3 Å². The number of nitrogens with zero attached hydrogens (tertiary/aromatic N) is 3. The zero-order valence-electron chi connectivity index (χ0n) is 28.2. The van der Waals surface area contributed by atoms with Gasteiger partial charge in [0.25, 0.3) is 0 Å². The van der Waals surface area contributed by atoms with Crippen LogP contribution in [-0.2, 0) is 23.7 Å². The van der Waals surface area contributed by atoms with Gasteiger partial charge in [-0.3, -0.25) is 4.79 Å². The highest BCUT2D eigenvalue weighted by Crippen LogP contribution is 2.42. The highest BCUT2D eigenvalue weighted by molar-refractivity contribution is 5.80. The zero-order valence-corrected chi connectivity index (χ0v) is 28.2. The first kappa shape index (κ1) is 37.6. The maximum atomic E-state index is 13.8. The molecule has 0 radical (unpaired) electrons. The first-order chi connectivity index (χ1) is 23.9. The molecule has 3 aromatic carbocycles. The number of alkyl halides is 6. The summed E-state index contributed by atoms with van der Waals surface area (Å²) in [6.07, 6.45) is -12.5. The molecular formula is C37H37F6N3O5. The van der Waals surface area contributed by atoms with Crippen LogP contribution in [0.15, 0.2) is 60.7 Å². The molecule has 5 rings (SSSR count). The number of ether oxygens (including phenoxy) is 1. The first-order valence-electron chi connectivity index (χ1n) is 16.0. The highest BCUT2D eigenvalue weighted by Gasteiger charge is 2.41. The van der Waals surface area contributed by atoms with Crippen molar-refractivity contribution < 1.29 is 51.2 Å². The van der Waals surface area contributed by atoms with Crippen molar-refractivity contribution >= 4 is 12.2 Å². The smallest absolute Gasteiger partial charge is 0.416 e. The molecule has 1 amide bonds. The summed E-state index contributed by atoms with van der Waals surface area (Å²) in [4.78, 5) is 20.5. The molecule has 1 fully saturated rings. The number of halogens is 6. The number of anilines is 1. The molecule has 0 spiro atoms. The SMILES string of the molecule is COc1ccc(-c2ccc(C(O)O)cc2C)cc1-c1ccc(N2CCC2)nc1CN(C=O)C(C)C(O)c1cc(C(F)(F)F)c(C)c(C(F)(F)F)c1. The van der Waals surface area contributed by atoms with Gasteiger partial charge in [0.2, 0.25) is 6.41 Å². The molecule has 1 aliphatic rings. The molecule has 14 heteroatoms. The maximum absolute atomic E-state index is 13.8. The van der Waals surface area contributed by atoms with E-state index >= 15 is 0 Å². The van der Waals surface area contributed by atoms with Gasteiger partial charge in [0.1, 0.15) is 11.6 Å². The number of aromatic nitrogens is 1. The molecule has 0 aliphatic carbocycles. The Labute approximate surface area is 290 Å². The van der Waals surface area contributed by atoms with Crippen molar-refractivity contribution in [1.82, 2.24) is 9.88 Å². The Kier molecular flexibility index (Phi) is 10.7. The van der Waals surface area contributed by atoms with Crippen molar-refractivity contribution in [2.24, 2.45) is 0 Å². The van der Waals surface area contributed by atoms with Crippen LogP contribution in [0.5, 0.6) is 5.75 Å². The Morgan fingerprint density at radius 2 is 1.49 bits per heavy atom. The molecule has 1 aliphatic heterocycles. The van der Waals surface area contributed by atoms with Gasteiger partial charge in [0.05, 0.1) is 42.6 Å². The van der Waals surface area contributed by atoms with Crippen LogP contribution in [0.3, 0.4) is 0 Å². The molecular weight excluding hydrogens is 680 g/mol. The monoisotopic (exact) mass is 717 g/mol. The third-order valence-electron chi connectivity index (χ3n) is 9.32. The van der Waals surface area contributed by atoms with Crippen molar-refractivity contribution in [3.63, 3.8) is 0 Å². The van der Waals surface area contributed by atoms with Crippen LogP contribution in [0, 0.1) is 13.8 Å². The van der Waals surface area contributed by atoms with Gasteiger partial charge in [0, 0.05) is 29.8 Å². The third kappa shape index (κ3) is 7.82. The normalized spacial score (nSPS) is 14.7. The quantitative estimate of drug-likeness (QED) is 0.0847. The highest BCUT2D eigenvalue weighted by atomic mass is 19.4. The fourth-order valence-corrected chi connectivity index (χ4v) is 6.24. The van der Waals surface area contributed by atoms with Gasteiger partial charge >= 0.3 is 12.4 Å². The molecule has 1 saturated heterocycles. The number of rotatable bonds is 11. The second kappa shape index (κ2) is 14.5. The third-order valence-corrected chi connectivity index (χ3v) is 9.32. The summed E-state index contributed by atoms with van der Waals surface area (Å²) in [6.45, 7) is 5.09. The average molecular weight is 718 g/mol. The standard InChI is InChI=1S/C37H37F6N3O5/c1-20-14-24(35(49)50)6-8-26(20)23-7-10-32(51-4)28(15-23)27-9-11-33(45-12-5-13-45)44-31(27)18-46(19-47)22(3)34(48)25-16-29(36(38,39)40)21(2)30(17-25)37(41,42)43/h6-11,14-17,19,22,34-35,48-50H,5,12-13,18H2,1-4H3. The van der Waals surface area contributed by atoms with Gasteiger partial charge in [0.15, 0.2) is 6.29 Å². The van der Waals surface area contributed by atoms with E-state index in [0.717, 1.165) is 48.0 Å². The molecule has 2 heterocycles. The fourth-order valence-electron chi connectivity index (χ4n) is 6.24. The minimum Gasteiger partial charge on any atom is -0.496 e. The number of aliphatic hydroxyl groups is 3. The number of amides is 1. The van der Waals surface area contributed by atoms with Crippen LogP contribution < -0.4 is 9.64 Å². The Balaban J connectivity index is 1.57. The molecule has 0 bridgehead atoms. The number of hydrogen-bond acceptors (Lipinski definition) is 7. The van der Waals surface area contributed by atoms with Crippen molar-refractivity contribution in [1.29, 1.82) is 0 Å². The van der Waals surface area contributed by atoms with Gasteiger partial charge < -0.3 is 29.9 Å². The number of benzene rings is 3. The number of aryl methyl sites for hydroxylation is 1. The van der Waals surface area contributed by atoms with Crippen LogP contribution >= 0.6 is 0 Å². The van der Waals surface area contributed by atoms with Crippen molar-refractivity contribution in [3.05, 3.63) is 99.7 Å². The molecule has 2 unspecified atom stereocenters. The number of hydrogen-bond donors (Lipinski definition) is 3. The van der Waals surface area contributed by atoms with E-state index in [0.29, 0.717) is 52.5 Å². The number of carbonyl (C=O) groups excluding carboxylic acids is 1. The summed E-state index contributed by atoms with van der Waals surface area (Å²) < 4.78 is 88.7. The second-order valence-corrected chi connectivity index (χ2v) is 12.6. The molecule has 2 atom stereocenters. The largest absolute Gasteiger partial charge is 0.496 e. The van der Waals surface area contributed by atoms with Crippen LogP contribution in [0.2, 0.25) is 0 Å². The topological polar surface area (TPSA) is 106 Å². The maximum Gasteiger partial charge on any atom is 0.416 e. The van der Waals surface area contributed by atoms with E-state index in [1.165, 1.54) is 14.0 Å². The Hall–Kier alpha value is -4.66. The fraction of sp³-hybridized carbons (Fsp3) is 0.351. The lowest BCUT2D eigenvalue weighted by Gasteiger charge is -2.34. The second-order valence-electron chi connectivity index (χ2n) is 12.6. The van der Waals surface area contributed by atoms with Gasteiger partial charge in [-0.15, -0.1) is 0 Å². The minimum atomic E-state index is -5.13. The molecule has 1 aromatic heterocycles. The number of aliphatic hydroxyl groups excluding tert-OH is 2. The number of methoxy groups -OCH3 is 1. The van der Waals surface area contributed by atoms with Crippen LogP contribution in [-0.4, -0.2) is 57.9 Å². The molecule has 4 aromatic rings. The minimum absolute atomic E-state index is 0.266. The lowest BCUT2D eigenvalue weighted by Crippen LogP contribution is -2.39. The van der Waals surface area contributed by atoms with Gasteiger partial charge in [-0.05, 0) is 91.4 Å². The summed E-state index contributed by atoms with van der Waals surface area (Å²) in [7, 11) is 1.48. The van der Waals surface area contributed by atoms with Crippen molar-refractivity contribution in [2.45, 2.75) is 64.5 Å².